The highest BCUT2D eigenvalue weighted by molar-refractivity contribution is 5.50. The number of nitrogens with two attached hydrogens (primary N) is 1. The van der Waals surface area contributed by atoms with Crippen LogP contribution in [0, 0.1) is 11.6 Å². The second-order valence-corrected chi connectivity index (χ2v) is 4.60. The topological polar surface area (TPSA) is 48.1 Å². The summed E-state index contributed by atoms with van der Waals surface area (Å²) in [5, 5.41) is 0. The van der Waals surface area contributed by atoms with Gasteiger partial charge < -0.3 is 10.5 Å². The van der Waals surface area contributed by atoms with E-state index in [0.717, 1.165) is 30.5 Å². The smallest absolute Gasteiger partial charge is 0.169 e. The van der Waals surface area contributed by atoms with Gasteiger partial charge >= 0.3 is 0 Å². The molecule has 1 aromatic carbocycles. The van der Waals surface area contributed by atoms with E-state index in [4.69, 9.17) is 10.5 Å². The summed E-state index contributed by atoms with van der Waals surface area (Å²) in [4.78, 5) is 4.04. The molecule has 0 radical (unpaired) electrons. The van der Waals surface area contributed by atoms with Crippen LogP contribution in [0.5, 0.6) is 11.5 Å². The molecule has 3 nitrogen and oxygen atoms in total. The first-order valence-corrected chi connectivity index (χ1v) is 6.02. The van der Waals surface area contributed by atoms with E-state index in [1.165, 1.54) is 6.07 Å². The van der Waals surface area contributed by atoms with Gasteiger partial charge in [0.15, 0.2) is 23.1 Å². The van der Waals surface area contributed by atoms with E-state index in [-0.39, 0.29) is 11.6 Å². The summed E-state index contributed by atoms with van der Waals surface area (Å²) in [7, 11) is 0. The van der Waals surface area contributed by atoms with Crippen LogP contribution >= 0.6 is 0 Å². The third kappa shape index (κ3) is 2.50. The average molecular weight is 262 g/mol. The molecule has 1 aromatic heterocycles. The van der Waals surface area contributed by atoms with Gasteiger partial charge in [0.1, 0.15) is 5.82 Å². The zero-order valence-corrected chi connectivity index (χ0v) is 10.1. The third-order valence-electron chi connectivity index (χ3n) is 3.07. The number of hydrogen-bond donors (Lipinski definition) is 1. The van der Waals surface area contributed by atoms with Crippen molar-refractivity contribution in [1.82, 2.24) is 4.98 Å². The summed E-state index contributed by atoms with van der Waals surface area (Å²) >= 11 is 0. The highest BCUT2D eigenvalue weighted by Crippen LogP contribution is 2.42. The van der Waals surface area contributed by atoms with Crippen molar-refractivity contribution < 1.29 is 13.5 Å². The standard InChI is InChI=1S/C14H12F2N2O/c15-10-3-4-12(11(16)6-10)19-13-5-9(8-1-2-8)7-18-14(13)17/h3-8H,1-2H2,(H2,17,18). The van der Waals surface area contributed by atoms with E-state index in [9.17, 15) is 8.78 Å². The van der Waals surface area contributed by atoms with Gasteiger partial charge in [-0.3, -0.25) is 0 Å². The van der Waals surface area contributed by atoms with Gasteiger partial charge in [0.05, 0.1) is 0 Å². The van der Waals surface area contributed by atoms with E-state index in [0.29, 0.717) is 11.7 Å². The maximum absolute atomic E-state index is 13.5. The quantitative estimate of drug-likeness (QED) is 0.919. The fraction of sp³-hybridized carbons (Fsp3) is 0.214. The molecule has 0 atom stereocenters. The molecule has 0 amide bonds. The van der Waals surface area contributed by atoms with Gasteiger partial charge in [0, 0.05) is 12.3 Å². The molecule has 1 aliphatic rings. The first-order chi connectivity index (χ1) is 9.13. The Balaban J connectivity index is 1.91. The number of halogens is 2. The van der Waals surface area contributed by atoms with Crippen LogP contribution in [-0.4, -0.2) is 4.98 Å². The van der Waals surface area contributed by atoms with Gasteiger partial charge in [-0.15, -0.1) is 0 Å². The normalized spacial score (nSPS) is 14.4. The molecule has 3 rings (SSSR count). The summed E-state index contributed by atoms with van der Waals surface area (Å²) in [6.45, 7) is 0. The van der Waals surface area contributed by atoms with E-state index < -0.39 is 11.6 Å². The highest BCUT2D eigenvalue weighted by Gasteiger charge is 2.25. The molecule has 1 aliphatic carbocycles. The lowest BCUT2D eigenvalue weighted by molar-refractivity contribution is 0.437. The minimum atomic E-state index is -0.767. The number of aromatic nitrogens is 1. The Kier molecular flexibility index (Phi) is 2.81. The third-order valence-corrected chi connectivity index (χ3v) is 3.07. The Bertz CT molecular complexity index is 627. The van der Waals surface area contributed by atoms with Gasteiger partial charge in [0.2, 0.25) is 0 Å². The molecule has 0 bridgehead atoms. The largest absolute Gasteiger partial charge is 0.450 e. The molecule has 0 spiro atoms. The van der Waals surface area contributed by atoms with Crippen LogP contribution in [0.3, 0.4) is 0 Å². The minimum absolute atomic E-state index is 0.0668. The van der Waals surface area contributed by atoms with Crippen LogP contribution in [0.2, 0.25) is 0 Å². The molecule has 0 aliphatic heterocycles. The number of nitrogen functional groups attached to an aromatic ring is 1. The predicted octanol–water partition coefficient (Wildman–Crippen LogP) is 3.61. The van der Waals surface area contributed by atoms with Crippen LogP contribution in [0.25, 0.3) is 0 Å². The molecule has 1 fully saturated rings. The van der Waals surface area contributed by atoms with Crippen molar-refractivity contribution >= 4 is 5.82 Å². The molecule has 0 saturated heterocycles. The number of anilines is 1. The molecule has 98 valence electrons. The van der Waals surface area contributed by atoms with Crippen molar-refractivity contribution in [1.29, 1.82) is 0 Å². The molecule has 1 heterocycles. The number of nitrogens with zero attached hydrogens (tertiary/aromatic N) is 1. The van der Waals surface area contributed by atoms with E-state index >= 15 is 0 Å². The lowest BCUT2D eigenvalue weighted by Crippen LogP contribution is -1.98. The molecule has 0 unspecified atom stereocenters. The zero-order chi connectivity index (χ0) is 13.4. The van der Waals surface area contributed by atoms with E-state index in [1.54, 1.807) is 12.3 Å². The Hall–Kier alpha value is -2.17. The fourth-order valence-corrected chi connectivity index (χ4v) is 1.87. The lowest BCUT2D eigenvalue weighted by Gasteiger charge is -2.10. The zero-order valence-electron chi connectivity index (χ0n) is 10.1. The summed E-state index contributed by atoms with van der Waals surface area (Å²) in [5.74, 6) is -0.502. The van der Waals surface area contributed by atoms with Crippen LogP contribution in [0.1, 0.15) is 24.3 Å². The molecule has 5 heteroatoms. The molecule has 1 saturated carbocycles. The predicted molar refractivity (Wildman–Crippen MR) is 67.1 cm³/mol. The number of ether oxygens (including phenoxy) is 1. The summed E-state index contributed by atoms with van der Waals surface area (Å²) in [6, 6.07) is 4.90. The van der Waals surface area contributed by atoms with Gasteiger partial charge in [-0.1, -0.05) is 0 Å². The Morgan fingerprint density at radius 2 is 1.95 bits per heavy atom. The molecule has 2 aromatic rings. The summed E-state index contributed by atoms with van der Waals surface area (Å²) in [6.07, 6.45) is 3.95. The molecule has 19 heavy (non-hydrogen) atoms. The van der Waals surface area contributed by atoms with Crippen molar-refractivity contribution in [3.8, 4) is 11.5 Å². The van der Waals surface area contributed by atoms with Gasteiger partial charge in [-0.25, -0.2) is 13.8 Å². The molecular weight excluding hydrogens is 250 g/mol. The Morgan fingerprint density at radius 1 is 1.16 bits per heavy atom. The lowest BCUT2D eigenvalue weighted by atomic mass is 10.2. The van der Waals surface area contributed by atoms with Crippen LogP contribution in [-0.2, 0) is 0 Å². The average Bonchev–Trinajstić information content (AvgIpc) is 3.19. The van der Waals surface area contributed by atoms with Gasteiger partial charge in [-0.05, 0) is 42.5 Å². The van der Waals surface area contributed by atoms with Crippen molar-refractivity contribution in [2.45, 2.75) is 18.8 Å². The summed E-state index contributed by atoms with van der Waals surface area (Å²) in [5.41, 5.74) is 6.74. The second-order valence-electron chi connectivity index (χ2n) is 4.60. The first-order valence-electron chi connectivity index (χ1n) is 6.02. The first kappa shape index (κ1) is 11.9. The SMILES string of the molecule is Nc1ncc(C2CC2)cc1Oc1ccc(F)cc1F. The number of pyridine rings is 1. The number of hydrogen-bond acceptors (Lipinski definition) is 3. The maximum Gasteiger partial charge on any atom is 0.169 e. The van der Waals surface area contributed by atoms with Crippen LogP contribution < -0.4 is 10.5 Å². The van der Waals surface area contributed by atoms with Gasteiger partial charge in [0.25, 0.3) is 0 Å². The Labute approximate surface area is 109 Å². The van der Waals surface area contributed by atoms with Crippen LogP contribution in [0.15, 0.2) is 30.5 Å². The van der Waals surface area contributed by atoms with Crippen molar-refractivity contribution in [2.24, 2.45) is 0 Å². The highest BCUT2D eigenvalue weighted by atomic mass is 19.1. The van der Waals surface area contributed by atoms with E-state index in [2.05, 4.69) is 4.98 Å². The van der Waals surface area contributed by atoms with Crippen molar-refractivity contribution in [3.05, 3.63) is 47.7 Å². The van der Waals surface area contributed by atoms with Crippen LogP contribution in [0.4, 0.5) is 14.6 Å². The maximum atomic E-state index is 13.5. The second kappa shape index (κ2) is 4.50. The minimum Gasteiger partial charge on any atom is -0.450 e. The van der Waals surface area contributed by atoms with Crippen molar-refractivity contribution in [3.63, 3.8) is 0 Å². The van der Waals surface area contributed by atoms with E-state index in [1.807, 2.05) is 0 Å². The van der Waals surface area contributed by atoms with Gasteiger partial charge in [-0.2, -0.15) is 0 Å². The fourth-order valence-electron chi connectivity index (χ4n) is 1.87. The molecule has 2 N–H and O–H groups in total. The summed E-state index contributed by atoms with van der Waals surface area (Å²) < 4.78 is 31.7. The monoisotopic (exact) mass is 262 g/mol. The number of benzene rings is 1. The van der Waals surface area contributed by atoms with Crippen molar-refractivity contribution in [2.75, 3.05) is 5.73 Å². The molecular formula is C14H12F2N2O. The number of rotatable bonds is 3. The Morgan fingerprint density at radius 3 is 2.63 bits per heavy atom.